The highest BCUT2D eigenvalue weighted by molar-refractivity contribution is 7.10. The van der Waals surface area contributed by atoms with Gasteiger partial charge in [0, 0.05) is 16.8 Å². The quantitative estimate of drug-likeness (QED) is 0.835. The van der Waals surface area contributed by atoms with E-state index in [9.17, 15) is 4.79 Å². The first-order valence-corrected chi connectivity index (χ1v) is 6.02. The predicted octanol–water partition coefficient (Wildman–Crippen LogP) is 2.00. The Labute approximate surface area is 98.6 Å². The first-order chi connectivity index (χ1) is 7.00. The Morgan fingerprint density at radius 1 is 1.67 bits per heavy atom. The van der Waals surface area contributed by atoms with Crippen molar-refractivity contribution in [1.29, 1.82) is 0 Å². The van der Waals surface area contributed by atoms with E-state index in [-0.39, 0.29) is 17.9 Å². The van der Waals surface area contributed by atoms with Gasteiger partial charge in [0.15, 0.2) is 0 Å². The molecule has 1 rings (SSSR count). The van der Waals surface area contributed by atoms with Gasteiger partial charge in [-0.15, -0.1) is 11.3 Å². The number of nitrogens with two attached hydrogens (primary N) is 1. The molecule has 0 spiro atoms. The monoisotopic (exact) mass is 246 g/mol. The smallest absolute Gasteiger partial charge is 0.234 e. The molecule has 0 aromatic carbocycles. The lowest BCUT2D eigenvalue weighted by Gasteiger charge is -2.18. The molecule has 0 fully saturated rings. The molecule has 0 aliphatic rings. The maximum absolute atomic E-state index is 11.1. The molecule has 0 aliphatic heterocycles. The molecular weight excluding hydrogens is 232 g/mol. The molecular formula is C10H15ClN2OS. The molecule has 0 bridgehead atoms. The number of rotatable bonds is 5. The summed E-state index contributed by atoms with van der Waals surface area (Å²) in [6, 6.07) is 1.60. The molecule has 1 amide bonds. The molecule has 0 saturated carbocycles. The van der Waals surface area contributed by atoms with E-state index >= 15 is 0 Å². The lowest BCUT2D eigenvalue weighted by molar-refractivity contribution is -0.121. The number of carbonyl (C=O) groups excluding carboxylic acids is 1. The van der Waals surface area contributed by atoms with Gasteiger partial charge in [0.2, 0.25) is 5.91 Å². The van der Waals surface area contributed by atoms with Crippen LogP contribution in [-0.2, 0) is 11.3 Å². The summed E-state index contributed by atoms with van der Waals surface area (Å²) in [6.07, 6.45) is 0. The third-order valence-corrected chi connectivity index (χ3v) is 3.38. The van der Waals surface area contributed by atoms with Gasteiger partial charge >= 0.3 is 0 Å². The Morgan fingerprint density at radius 3 is 2.73 bits per heavy atom. The number of nitrogens with one attached hydrogen (secondary N) is 1. The van der Waals surface area contributed by atoms with Crippen molar-refractivity contribution in [2.75, 3.05) is 0 Å². The highest BCUT2D eigenvalue weighted by Gasteiger charge is 2.18. The molecule has 15 heavy (non-hydrogen) atoms. The summed E-state index contributed by atoms with van der Waals surface area (Å²) < 4.78 is 0. The number of hydrogen-bond acceptors (Lipinski definition) is 3. The van der Waals surface area contributed by atoms with Gasteiger partial charge in [-0.1, -0.05) is 25.4 Å². The van der Waals surface area contributed by atoms with Crippen LogP contribution in [0.4, 0.5) is 0 Å². The van der Waals surface area contributed by atoms with Crippen LogP contribution in [-0.4, -0.2) is 11.9 Å². The number of halogens is 1. The van der Waals surface area contributed by atoms with Gasteiger partial charge in [-0.3, -0.25) is 4.79 Å². The van der Waals surface area contributed by atoms with Crippen molar-refractivity contribution >= 4 is 28.8 Å². The van der Waals surface area contributed by atoms with Crippen molar-refractivity contribution in [3.05, 3.63) is 21.3 Å². The molecule has 0 saturated heterocycles. The van der Waals surface area contributed by atoms with Gasteiger partial charge in [0.05, 0.1) is 11.1 Å². The Bertz CT molecular complexity index is 338. The van der Waals surface area contributed by atoms with Crippen LogP contribution in [0.2, 0.25) is 5.02 Å². The van der Waals surface area contributed by atoms with Crippen molar-refractivity contribution < 1.29 is 4.79 Å². The topological polar surface area (TPSA) is 55.1 Å². The third-order valence-electron chi connectivity index (χ3n) is 2.09. The number of primary amides is 1. The zero-order valence-corrected chi connectivity index (χ0v) is 10.4. The Morgan fingerprint density at radius 2 is 2.33 bits per heavy atom. The van der Waals surface area contributed by atoms with Crippen LogP contribution in [0.25, 0.3) is 0 Å². The first-order valence-electron chi connectivity index (χ1n) is 4.76. The highest BCUT2D eigenvalue weighted by atomic mass is 35.5. The molecule has 3 nitrogen and oxygen atoms in total. The summed E-state index contributed by atoms with van der Waals surface area (Å²) in [5.74, 6) is -0.120. The summed E-state index contributed by atoms with van der Waals surface area (Å²) in [4.78, 5) is 12.2. The van der Waals surface area contributed by atoms with Gasteiger partial charge in [-0.25, -0.2) is 0 Å². The Balaban J connectivity index is 2.50. The molecule has 0 aliphatic carbocycles. The molecule has 5 heteroatoms. The van der Waals surface area contributed by atoms with Crippen molar-refractivity contribution in [3.63, 3.8) is 0 Å². The fourth-order valence-corrected chi connectivity index (χ4v) is 2.35. The zero-order valence-electron chi connectivity index (χ0n) is 8.79. The standard InChI is InChI=1S/C10H15ClN2OS/c1-6(2)9(10(12)14)13-4-8-3-7(11)5-15-8/h3,5-6,9,13H,4H2,1-2H3,(H2,12,14). The molecule has 3 N–H and O–H groups in total. The van der Waals surface area contributed by atoms with Crippen LogP contribution >= 0.6 is 22.9 Å². The normalized spacial score (nSPS) is 13.1. The van der Waals surface area contributed by atoms with Crippen LogP contribution in [0, 0.1) is 5.92 Å². The van der Waals surface area contributed by atoms with E-state index in [1.165, 1.54) is 0 Å². The second-order valence-corrected chi connectivity index (χ2v) is 5.17. The largest absolute Gasteiger partial charge is 0.368 e. The van der Waals surface area contributed by atoms with Crippen LogP contribution < -0.4 is 11.1 Å². The first kappa shape index (κ1) is 12.5. The summed E-state index contributed by atoms with van der Waals surface area (Å²) in [6.45, 7) is 4.55. The van der Waals surface area contributed by atoms with E-state index < -0.39 is 0 Å². The molecule has 84 valence electrons. The highest BCUT2D eigenvalue weighted by Crippen LogP contribution is 2.19. The van der Waals surface area contributed by atoms with Crippen LogP contribution in [0.15, 0.2) is 11.4 Å². The van der Waals surface area contributed by atoms with E-state index in [1.807, 2.05) is 25.3 Å². The third kappa shape index (κ3) is 3.81. The minimum Gasteiger partial charge on any atom is -0.368 e. The minimum absolute atomic E-state index is 0.193. The number of carbonyl (C=O) groups is 1. The van der Waals surface area contributed by atoms with E-state index in [4.69, 9.17) is 17.3 Å². The molecule has 1 atom stereocenters. The second-order valence-electron chi connectivity index (χ2n) is 3.74. The van der Waals surface area contributed by atoms with Gasteiger partial charge < -0.3 is 11.1 Å². The van der Waals surface area contributed by atoms with Crippen molar-refractivity contribution in [1.82, 2.24) is 5.32 Å². The predicted molar refractivity (Wildman–Crippen MR) is 64.0 cm³/mol. The van der Waals surface area contributed by atoms with Gasteiger partial charge in [0.1, 0.15) is 0 Å². The van der Waals surface area contributed by atoms with Gasteiger partial charge in [-0.2, -0.15) is 0 Å². The van der Waals surface area contributed by atoms with Crippen molar-refractivity contribution in [2.45, 2.75) is 26.4 Å². The number of amides is 1. The SMILES string of the molecule is CC(C)C(NCc1cc(Cl)cs1)C(N)=O. The maximum Gasteiger partial charge on any atom is 0.234 e. The van der Waals surface area contributed by atoms with E-state index in [0.717, 1.165) is 9.90 Å². The summed E-state index contributed by atoms with van der Waals surface area (Å²) >= 11 is 7.36. The van der Waals surface area contributed by atoms with Crippen molar-refractivity contribution in [3.8, 4) is 0 Å². The van der Waals surface area contributed by atoms with Crippen molar-refractivity contribution in [2.24, 2.45) is 11.7 Å². The average molecular weight is 247 g/mol. The molecule has 1 aromatic heterocycles. The summed E-state index contributed by atoms with van der Waals surface area (Å²) in [5.41, 5.74) is 5.28. The molecule has 1 heterocycles. The average Bonchev–Trinajstić information content (AvgIpc) is 2.50. The number of hydrogen-bond donors (Lipinski definition) is 2. The zero-order chi connectivity index (χ0) is 11.4. The lowest BCUT2D eigenvalue weighted by Crippen LogP contribution is -2.44. The second kappa shape index (κ2) is 5.49. The van der Waals surface area contributed by atoms with Gasteiger partial charge in [-0.05, 0) is 12.0 Å². The fourth-order valence-electron chi connectivity index (χ4n) is 1.32. The van der Waals surface area contributed by atoms with Crippen LogP contribution in [0.3, 0.4) is 0 Å². The Kier molecular flexibility index (Phi) is 4.57. The summed E-state index contributed by atoms with van der Waals surface area (Å²) in [5, 5.41) is 5.73. The molecule has 1 aromatic rings. The maximum atomic E-state index is 11.1. The lowest BCUT2D eigenvalue weighted by atomic mass is 10.0. The molecule has 1 unspecified atom stereocenters. The minimum atomic E-state index is -0.312. The number of thiophene rings is 1. The van der Waals surface area contributed by atoms with E-state index in [2.05, 4.69) is 5.32 Å². The molecule has 0 radical (unpaired) electrons. The van der Waals surface area contributed by atoms with E-state index in [1.54, 1.807) is 11.3 Å². The van der Waals surface area contributed by atoms with Gasteiger partial charge in [0.25, 0.3) is 0 Å². The van der Waals surface area contributed by atoms with E-state index in [0.29, 0.717) is 6.54 Å². The fraction of sp³-hybridized carbons (Fsp3) is 0.500. The Hall–Kier alpha value is -0.580. The summed E-state index contributed by atoms with van der Waals surface area (Å²) in [7, 11) is 0. The van der Waals surface area contributed by atoms with Crippen LogP contribution in [0.5, 0.6) is 0 Å². The van der Waals surface area contributed by atoms with Crippen LogP contribution in [0.1, 0.15) is 18.7 Å².